The number of nitrogens with zero attached hydrogens (tertiary/aromatic N) is 1. The molecule has 0 aliphatic rings. The molecule has 0 unspecified atom stereocenters. The standard InChI is InChI=1S/C13H23NO3/c1-5-13(15)17-9-8-16-7-6-14-12(4)10-11(2)3/h5,11H,1,6-10H2,2-4H3. The number of carbonyl (C=O) groups excluding carboxylic acids is 1. The second kappa shape index (κ2) is 10.0. The summed E-state index contributed by atoms with van der Waals surface area (Å²) in [5.74, 6) is 0.220. The Hall–Kier alpha value is -1.16. The fourth-order valence-corrected chi connectivity index (χ4v) is 1.32. The Bertz CT molecular complexity index is 259. The highest BCUT2D eigenvalue weighted by Gasteiger charge is 1.97. The Morgan fingerprint density at radius 1 is 1.35 bits per heavy atom. The van der Waals surface area contributed by atoms with Crippen molar-refractivity contribution in [1.29, 1.82) is 0 Å². The average Bonchev–Trinajstić information content (AvgIpc) is 2.26. The van der Waals surface area contributed by atoms with Crippen molar-refractivity contribution in [2.45, 2.75) is 27.2 Å². The second-order valence-corrected chi connectivity index (χ2v) is 4.20. The SMILES string of the molecule is C=CC(=O)OCCOCCN=C(C)CC(C)C. The van der Waals surface area contributed by atoms with Crippen LogP contribution in [0.25, 0.3) is 0 Å². The zero-order valence-corrected chi connectivity index (χ0v) is 11.1. The molecule has 0 N–H and O–H groups in total. The highest BCUT2D eigenvalue weighted by atomic mass is 16.6. The van der Waals surface area contributed by atoms with Gasteiger partial charge in [-0.3, -0.25) is 4.99 Å². The van der Waals surface area contributed by atoms with Gasteiger partial charge in [0.1, 0.15) is 6.61 Å². The maximum atomic E-state index is 10.7. The quantitative estimate of drug-likeness (QED) is 0.269. The van der Waals surface area contributed by atoms with E-state index in [2.05, 4.69) is 25.4 Å². The van der Waals surface area contributed by atoms with Gasteiger partial charge in [-0.15, -0.1) is 0 Å². The fraction of sp³-hybridized carbons (Fsp3) is 0.692. The maximum Gasteiger partial charge on any atom is 0.330 e. The van der Waals surface area contributed by atoms with Crippen LogP contribution in [0.15, 0.2) is 17.6 Å². The van der Waals surface area contributed by atoms with Crippen LogP contribution in [-0.2, 0) is 14.3 Å². The molecule has 98 valence electrons. The van der Waals surface area contributed by atoms with Gasteiger partial charge in [-0.2, -0.15) is 0 Å². The first-order chi connectivity index (χ1) is 8.06. The van der Waals surface area contributed by atoms with Gasteiger partial charge < -0.3 is 9.47 Å². The topological polar surface area (TPSA) is 47.9 Å². The average molecular weight is 241 g/mol. The highest BCUT2D eigenvalue weighted by Crippen LogP contribution is 2.00. The predicted octanol–water partition coefficient (Wildman–Crippen LogP) is 2.24. The van der Waals surface area contributed by atoms with Gasteiger partial charge in [-0.25, -0.2) is 4.79 Å². The summed E-state index contributed by atoms with van der Waals surface area (Å²) in [6, 6.07) is 0. The molecule has 0 heterocycles. The molecule has 0 aromatic heterocycles. The van der Waals surface area contributed by atoms with E-state index in [1.807, 2.05) is 6.92 Å². The smallest absolute Gasteiger partial charge is 0.330 e. The number of hydrogen-bond donors (Lipinski definition) is 0. The molecule has 0 fully saturated rings. The van der Waals surface area contributed by atoms with Crippen molar-refractivity contribution in [2.75, 3.05) is 26.4 Å². The molecular weight excluding hydrogens is 218 g/mol. The van der Waals surface area contributed by atoms with E-state index in [1.54, 1.807) is 0 Å². The van der Waals surface area contributed by atoms with Crippen LogP contribution >= 0.6 is 0 Å². The van der Waals surface area contributed by atoms with Crippen molar-refractivity contribution in [1.82, 2.24) is 0 Å². The van der Waals surface area contributed by atoms with Gasteiger partial charge in [0.05, 0.1) is 19.8 Å². The minimum atomic E-state index is -0.417. The fourth-order valence-electron chi connectivity index (χ4n) is 1.32. The summed E-state index contributed by atoms with van der Waals surface area (Å²) in [4.78, 5) is 15.1. The van der Waals surface area contributed by atoms with Crippen molar-refractivity contribution in [2.24, 2.45) is 10.9 Å². The van der Waals surface area contributed by atoms with Gasteiger partial charge in [0, 0.05) is 11.8 Å². The molecule has 0 rings (SSSR count). The van der Waals surface area contributed by atoms with Crippen molar-refractivity contribution in [3.05, 3.63) is 12.7 Å². The number of aliphatic imine (C=N–C) groups is 1. The highest BCUT2D eigenvalue weighted by molar-refractivity contribution is 5.82. The first-order valence-corrected chi connectivity index (χ1v) is 5.93. The zero-order valence-electron chi connectivity index (χ0n) is 11.1. The Morgan fingerprint density at radius 2 is 2.06 bits per heavy atom. The number of rotatable bonds is 9. The molecule has 0 bridgehead atoms. The first kappa shape index (κ1) is 15.8. The molecule has 4 nitrogen and oxygen atoms in total. The lowest BCUT2D eigenvalue weighted by molar-refractivity contribution is -0.139. The molecule has 0 radical (unpaired) electrons. The molecule has 4 heteroatoms. The van der Waals surface area contributed by atoms with E-state index in [-0.39, 0.29) is 6.61 Å². The number of esters is 1. The van der Waals surface area contributed by atoms with Crippen LogP contribution in [0.5, 0.6) is 0 Å². The molecule has 0 amide bonds. The second-order valence-electron chi connectivity index (χ2n) is 4.20. The minimum absolute atomic E-state index is 0.263. The van der Waals surface area contributed by atoms with E-state index in [9.17, 15) is 4.79 Å². The summed E-state index contributed by atoms with van der Waals surface area (Å²) in [7, 11) is 0. The Balaban J connectivity index is 3.40. The molecule has 17 heavy (non-hydrogen) atoms. The van der Waals surface area contributed by atoms with Crippen molar-refractivity contribution < 1.29 is 14.3 Å². The third-order valence-electron chi connectivity index (χ3n) is 1.96. The summed E-state index contributed by atoms with van der Waals surface area (Å²) in [5.41, 5.74) is 1.15. The first-order valence-electron chi connectivity index (χ1n) is 5.93. The van der Waals surface area contributed by atoms with Gasteiger partial charge in [-0.05, 0) is 19.3 Å². The molecule has 0 saturated heterocycles. The Morgan fingerprint density at radius 3 is 2.65 bits per heavy atom. The van der Waals surface area contributed by atoms with Crippen LogP contribution in [0.2, 0.25) is 0 Å². The van der Waals surface area contributed by atoms with Gasteiger partial charge in [-0.1, -0.05) is 20.4 Å². The van der Waals surface area contributed by atoms with Crippen LogP contribution in [0.1, 0.15) is 27.2 Å². The minimum Gasteiger partial charge on any atom is -0.460 e. The lowest BCUT2D eigenvalue weighted by Crippen LogP contribution is -2.10. The Labute approximate surface area is 104 Å². The molecule has 0 atom stereocenters. The molecule has 0 aromatic rings. The largest absolute Gasteiger partial charge is 0.460 e. The van der Waals surface area contributed by atoms with E-state index in [0.29, 0.717) is 25.7 Å². The van der Waals surface area contributed by atoms with Crippen LogP contribution in [-0.4, -0.2) is 38.0 Å². The predicted molar refractivity (Wildman–Crippen MR) is 69.4 cm³/mol. The Kier molecular flexibility index (Phi) is 9.34. The molecular formula is C13H23NO3. The summed E-state index contributed by atoms with van der Waals surface area (Å²) in [5, 5.41) is 0. The molecule has 0 aliphatic carbocycles. The zero-order chi connectivity index (χ0) is 13.1. The van der Waals surface area contributed by atoms with E-state index < -0.39 is 5.97 Å². The van der Waals surface area contributed by atoms with E-state index in [4.69, 9.17) is 9.47 Å². The maximum absolute atomic E-state index is 10.7. The molecule has 0 aliphatic heterocycles. The van der Waals surface area contributed by atoms with Gasteiger partial charge in [0.15, 0.2) is 0 Å². The van der Waals surface area contributed by atoms with Crippen molar-refractivity contribution in [3.8, 4) is 0 Å². The van der Waals surface area contributed by atoms with E-state index >= 15 is 0 Å². The van der Waals surface area contributed by atoms with Crippen LogP contribution in [0.3, 0.4) is 0 Å². The van der Waals surface area contributed by atoms with E-state index in [0.717, 1.165) is 18.2 Å². The van der Waals surface area contributed by atoms with Crippen LogP contribution in [0.4, 0.5) is 0 Å². The van der Waals surface area contributed by atoms with Crippen molar-refractivity contribution >= 4 is 11.7 Å². The van der Waals surface area contributed by atoms with Crippen LogP contribution in [0, 0.1) is 5.92 Å². The van der Waals surface area contributed by atoms with Gasteiger partial charge in [0.25, 0.3) is 0 Å². The number of carbonyl (C=O) groups is 1. The van der Waals surface area contributed by atoms with Gasteiger partial charge >= 0.3 is 5.97 Å². The molecule has 0 spiro atoms. The van der Waals surface area contributed by atoms with Gasteiger partial charge in [0.2, 0.25) is 0 Å². The third kappa shape index (κ3) is 11.1. The van der Waals surface area contributed by atoms with E-state index in [1.165, 1.54) is 0 Å². The van der Waals surface area contributed by atoms with Crippen molar-refractivity contribution in [3.63, 3.8) is 0 Å². The normalized spacial score (nSPS) is 11.6. The lowest BCUT2D eigenvalue weighted by Gasteiger charge is -2.05. The van der Waals surface area contributed by atoms with Crippen LogP contribution < -0.4 is 0 Å². The molecule has 0 aromatic carbocycles. The summed E-state index contributed by atoms with van der Waals surface area (Å²) >= 11 is 0. The summed E-state index contributed by atoms with van der Waals surface area (Å²) in [6.45, 7) is 11.6. The third-order valence-corrected chi connectivity index (χ3v) is 1.96. The molecule has 0 saturated carbocycles. The monoisotopic (exact) mass is 241 g/mol. The lowest BCUT2D eigenvalue weighted by atomic mass is 10.1. The number of hydrogen-bond acceptors (Lipinski definition) is 4. The number of ether oxygens (including phenoxy) is 2. The summed E-state index contributed by atoms with van der Waals surface area (Å²) in [6.07, 6.45) is 2.16. The summed E-state index contributed by atoms with van der Waals surface area (Å²) < 4.78 is 10.0.